The molecule has 9 heteroatoms. The molecule has 0 aromatic carbocycles. The van der Waals surface area contributed by atoms with E-state index in [0.29, 0.717) is 29.6 Å². The van der Waals surface area contributed by atoms with Crippen molar-refractivity contribution in [2.45, 2.75) is 82.8 Å². The molecule has 7 nitrogen and oxygen atoms in total. The fourth-order valence-corrected chi connectivity index (χ4v) is 6.96. The van der Waals surface area contributed by atoms with Crippen LogP contribution in [0.4, 0.5) is 5.00 Å². The average Bonchev–Trinajstić information content (AvgIpc) is 3.39. The van der Waals surface area contributed by atoms with Crippen molar-refractivity contribution in [2.24, 2.45) is 5.92 Å². The SMILES string of the molecule is C=CCn1c(CC2CCCCC2)nnc1SCC(=O)Nc1sc2c(c1C(=O)OCC)CCCC2. The number of ether oxygens (including phenoxy) is 1. The molecule has 1 amide bonds. The number of hydrogen-bond donors (Lipinski definition) is 1. The van der Waals surface area contributed by atoms with Crippen LogP contribution in [0.1, 0.15) is 78.5 Å². The van der Waals surface area contributed by atoms with Gasteiger partial charge in [-0.3, -0.25) is 4.79 Å². The molecular weight excluding hydrogens is 468 g/mol. The van der Waals surface area contributed by atoms with Crippen LogP contribution in [0, 0.1) is 5.92 Å². The van der Waals surface area contributed by atoms with Crippen LogP contribution in [-0.2, 0) is 35.3 Å². The van der Waals surface area contributed by atoms with Gasteiger partial charge in [0.05, 0.1) is 17.9 Å². The number of esters is 1. The van der Waals surface area contributed by atoms with Gasteiger partial charge in [0, 0.05) is 17.8 Å². The molecule has 2 aromatic heterocycles. The number of rotatable bonds is 10. The third-order valence-electron chi connectivity index (χ3n) is 6.54. The number of carbonyl (C=O) groups excluding carboxylic acids is 2. The van der Waals surface area contributed by atoms with E-state index in [4.69, 9.17) is 4.74 Å². The number of thioether (sulfide) groups is 1. The van der Waals surface area contributed by atoms with Crippen molar-refractivity contribution >= 4 is 40.0 Å². The largest absolute Gasteiger partial charge is 0.462 e. The number of thiophene rings is 1. The Morgan fingerprint density at radius 3 is 2.76 bits per heavy atom. The maximum Gasteiger partial charge on any atom is 0.341 e. The Balaban J connectivity index is 1.43. The van der Waals surface area contributed by atoms with Gasteiger partial charge in [0.15, 0.2) is 5.16 Å². The minimum absolute atomic E-state index is 0.156. The Kier molecular flexibility index (Phi) is 8.83. The fourth-order valence-electron chi connectivity index (χ4n) is 4.90. The molecule has 0 spiro atoms. The first kappa shape index (κ1) is 25.0. The summed E-state index contributed by atoms with van der Waals surface area (Å²) in [6.07, 6.45) is 13.2. The van der Waals surface area contributed by atoms with Crippen molar-refractivity contribution in [3.63, 3.8) is 0 Å². The summed E-state index contributed by atoms with van der Waals surface area (Å²) in [6.45, 7) is 6.62. The van der Waals surface area contributed by atoms with Gasteiger partial charge in [0.2, 0.25) is 5.91 Å². The third kappa shape index (κ3) is 5.92. The Hall–Kier alpha value is -2.13. The predicted molar refractivity (Wildman–Crippen MR) is 137 cm³/mol. The van der Waals surface area contributed by atoms with Crippen molar-refractivity contribution < 1.29 is 14.3 Å². The molecule has 1 N–H and O–H groups in total. The number of aromatic nitrogens is 3. The van der Waals surface area contributed by atoms with E-state index in [2.05, 4.69) is 26.7 Å². The molecule has 0 unspecified atom stereocenters. The van der Waals surface area contributed by atoms with Crippen LogP contribution in [0.3, 0.4) is 0 Å². The van der Waals surface area contributed by atoms with Crippen molar-refractivity contribution in [3.8, 4) is 0 Å². The van der Waals surface area contributed by atoms with Crippen LogP contribution < -0.4 is 5.32 Å². The molecule has 0 radical (unpaired) electrons. The quantitative estimate of drug-likeness (QED) is 0.265. The normalized spacial score (nSPS) is 16.1. The Morgan fingerprint density at radius 1 is 1.21 bits per heavy atom. The first-order chi connectivity index (χ1) is 16.6. The van der Waals surface area contributed by atoms with Crippen LogP contribution >= 0.6 is 23.1 Å². The maximum atomic E-state index is 12.9. The summed E-state index contributed by atoms with van der Waals surface area (Å²) in [7, 11) is 0. The second kappa shape index (κ2) is 12.0. The highest BCUT2D eigenvalue weighted by molar-refractivity contribution is 7.99. The summed E-state index contributed by atoms with van der Waals surface area (Å²) >= 11 is 2.89. The van der Waals surface area contributed by atoms with Gasteiger partial charge in [-0.2, -0.15) is 0 Å². The number of nitrogens with zero attached hydrogens (tertiary/aromatic N) is 3. The molecule has 4 rings (SSSR count). The lowest BCUT2D eigenvalue weighted by atomic mass is 9.87. The molecule has 0 bridgehead atoms. The number of hydrogen-bond acceptors (Lipinski definition) is 7. The molecule has 2 aromatic rings. The van der Waals surface area contributed by atoms with Crippen molar-refractivity contribution in [2.75, 3.05) is 17.7 Å². The predicted octanol–water partition coefficient (Wildman–Crippen LogP) is 5.43. The summed E-state index contributed by atoms with van der Waals surface area (Å²) in [6, 6.07) is 0. The van der Waals surface area contributed by atoms with Crippen LogP contribution in [0.5, 0.6) is 0 Å². The molecule has 2 heterocycles. The molecule has 184 valence electrons. The summed E-state index contributed by atoms with van der Waals surface area (Å²) in [5.74, 6) is 1.34. The smallest absolute Gasteiger partial charge is 0.341 e. The monoisotopic (exact) mass is 502 g/mol. The average molecular weight is 503 g/mol. The van der Waals surface area contributed by atoms with E-state index in [9.17, 15) is 9.59 Å². The minimum atomic E-state index is -0.345. The summed E-state index contributed by atoms with van der Waals surface area (Å²) in [4.78, 5) is 26.7. The number of nitrogens with one attached hydrogen (secondary N) is 1. The van der Waals surface area contributed by atoms with Gasteiger partial charge in [-0.15, -0.1) is 28.1 Å². The van der Waals surface area contributed by atoms with Gasteiger partial charge in [0.25, 0.3) is 0 Å². The summed E-state index contributed by atoms with van der Waals surface area (Å²) in [5.41, 5.74) is 1.60. The highest BCUT2D eigenvalue weighted by Crippen LogP contribution is 2.38. The number of aryl methyl sites for hydroxylation is 1. The van der Waals surface area contributed by atoms with E-state index >= 15 is 0 Å². The maximum absolute atomic E-state index is 12.9. The van der Waals surface area contributed by atoms with E-state index < -0.39 is 0 Å². The standard InChI is InChI=1S/C25H34N4O3S2/c1-3-14-29-20(15-17-10-6-5-7-11-17)27-28-25(29)33-16-21(30)26-23-22(24(31)32-4-2)18-12-8-9-13-19(18)34-23/h3,17H,1,4-16H2,2H3,(H,26,30). The minimum Gasteiger partial charge on any atom is -0.462 e. The molecular formula is C25H34N4O3S2. The zero-order valence-electron chi connectivity index (χ0n) is 19.9. The van der Waals surface area contributed by atoms with Crippen LogP contribution in [-0.4, -0.2) is 39.0 Å². The number of carbonyl (C=O) groups is 2. The molecule has 2 aliphatic carbocycles. The number of anilines is 1. The third-order valence-corrected chi connectivity index (χ3v) is 8.71. The molecule has 2 aliphatic rings. The number of allylic oxidation sites excluding steroid dienone is 1. The molecule has 0 atom stereocenters. The first-order valence-corrected chi connectivity index (χ1v) is 14.2. The van der Waals surface area contributed by atoms with Gasteiger partial charge >= 0.3 is 5.97 Å². The van der Waals surface area contributed by atoms with Gasteiger partial charge in [0.1, 0.15) is 10.8 Å². The molecule has 1 fully saturated rings. The van der Waals surface area contributed by atoms with Gasteiger partial charge in [-0.25, -0.2) is 4.79 Å². The second-order valence-corrected chi connectivity index (χ2v) is 11.0. The molecule has 34 heavy (non-hydrogen) atoms. The van der Waals surface area contributed by atoms with E-state index in [-0.39, 0.29) is 17.6 Å². The molecule has 0 saturated heterocycles. The summed E-state index contributed by atoms with van der Waals surface area (Å²) in [5, 5.41) is 13.2. The lowest BCUT2D eigenvalue weighted by molar-refractivity contribution is -0.113. The molecule has 1 saturated carbocycles. The fraction of sp³-hybridized carbons (Fsp3) is 0.600. The number of fused-ring (bicyclic) bond motifs is 1. The van der Waals surface area contributed by atoms with Gasteiger partial charge < -0.3 is 14.6 Å². The van der Waals surface area contributed by atoms with Crippen molar-refractivity contribution in [1.82, 2.24) is 14.8 Å². The lowest BCUT2D eigenvalue weighted by Gasteiger charge is -2.21. The number of amides is 1. The van der Waals surface area contributed by atoms with E-state index in [1.165, 1.54) is 60.1 Å². The Morgan fingerprint density at radius 2 is 2.00 bits per heavy atom. The Bertz CT molecular complexity index is 1020. The van der Waals surface area contributed by atoms with Crippen molar-refractivity contribution in [3.05, 3.63) is 34.5 Å². The topological polar surface area (TPSA) is 86.1 Å². The van der Waals surface area contributed by atoms with Crippen LogP contribution in [0.2, 0.25) is 0 Å². The molecule has 0 aliphatic heterocycles. The van der Waals surface area contributed by atoms with Crippen molar-refractivity contribution in [1.29, 1.82) is 0 Å². The highest BCUT2D eigenvalue weighted by Gasteiger charge is 2.27. The highest BCUT2D eigenvalue weighted by atomic mass is 32.2. The summed E-state index contributed by atoms with van der Waals surface area (Å²) < 4.78 is 7.37. The van der Waals surface area contributed by atoms with Crippen LogP contribution in [0.25, 0.3) is 0 Å². The Labute approximate surface area is 209 Å². The first-order valence-electron chi connectivity index (χ1n) is 12.4. The zero-order valence-corrected chi connectivity index (χ0v) is 21.6. The van der Waals surface area contributed by atoms with Crippen LogP contribution in [0.15, 0.2) is 17.8 Å². The van der Waals surface area contributed by atoms with E-state index in [1.54, 1.807) is 6.92 Å². The van der Waals surface area contributed by atoms with Gasteiger partial charge in [-0.05, 0) is 44.1 Å². The van der Waals surface area contributed by atoms with Gasteiger partial charge in [-0.1, -0.05) is 49.9 Å². The van der Waals surface area contributed by atoms with E-state index in [1.807, 2.05) is 6.08 Å². The lowest BCUT2D eigenvalue weighted by Crippen LogP contribution is -2.17. The second-order valence-electron chi connectivity index (χ2n) is 8.98. The van der Waals surface area contributed by atoms with E-state index in [0.717, 1.165) is 48.6 Å². The zero-order chi connectivity index (χ0) is 23.9.